The largest absolute Gasteiger partial charge is 0.370 e. The molecule has 6 heteroatoms. The minimum atomic E-state index is 0.529. The summed E-state index contributed by atoms with van der Waals surface area (Å²) in [5, 5.41) is 7.61. The summed E-state index contributed by atoms with van der Waals surface area (Å²) >= 11 is 3.41. The second kappa shape index (κ2) is 5.28. The standard InChI is InChI=1S/C13H16BrN5/c1-2-5-15-11-6-12(19-8-10(14)7-16-19)18-13(17-11)9-3-4-9/h6-9H,2-5H2,1H3,(H,15,17,18). The fourth-order valence-corrected chi connectivity index (χ4v) is 2.15. The number of halogens is 1. The van der Waals surface area contributed by atoms with Crippen LogP contribution in [-0.2, 0) is 0 Å². The zero-order valence-corrected chi connectivity index (χ0v) is 12.4. The maximum atomic E-state index is 4.62. The summed E-state index contributed by atoms with van der Waals surface area (Å²) < 4.78 is 2.72. The first-order chi connectivity index (χ1) is 9.26. The molecule has 0 aromatic carbocycles. The van der Waals surface area contributed by atoms with E-state index in [1.165, 1.54) is 12.8 Å². The smallest absolute Gasteiger partial charge is 0.159 e. The highest BCUT2D eigenvalue weighted by Gasteiger charge is 2.27. The Hall–Kier alpha value is -1.43. The summed E-state index contributed by atoms with van der Waals surface area (Å²) in [5.41, 5.74) is 0. The van der Waals surface area contributed by atoms with Crippen molar-refractivity contribution in [3.05, 3.63) is 28.8 Å². The molecule has 0 bridgehead atoms. The van der Waals surface area contributed by atoms with Gasteiger partial charge in [-0.15, -0.1) is 0 Å². The van der Waals surface area contributed by atoms with Crippen molar-refractivity contribution in [3.8, 4) is 5.82 Å². The van der Waals surface area contributed by atoms with Gasteiger partial charge in [0.25, 0.3) is 0 Å². The van der Waals surface area contributed by atoms with Gasteiger partial charge in [-0.05, 0) is 35.2 Å². The fourth-order valence-electron chi connectivity index (χ4n) is 1.86. The molecule has 0 saturated heterocycles. The molecule has 100 valence electrons. The van der Waals surface area contributed by atoms with Crippen LogP contribution in [-0.4, -0.2) is 26.3 Å². The highest BCUT2D eigenvalue weighted by molar-refractivity contribution is 9.10. The van der Waals surface area contributed by atoms with Crippen LogP contribution in [0.5, 0.6) is 0 Å². The number of rotatable bonds is 5. The lowest BCUT2D eigenvalue weighted by Crippen LogP contribution is -2.08. The van der Waals surface area contributed by atoms with E-state index >= 15 is 0 Å². The van der Waals surface area contributed by atoms with Gasteiger partial charge >= 0.3 is 0 Å². The second-order valence-electron chi connectivity index (χ2n) is 4.77. The van der Waals surface area contributed by atoms with Crippen molar-refractivity contribution in [2.75, 3.05) is 11.9 Å². The van der Waals surface area contributed by atoms with Crippen LogP contribution in [0.3, 0.4) is 0 Å². The van der Waals surface area contributed by atoms with Crippen molar-refractivity contribution in [1.29, 1.82) is 0 Å². The van der Waals surface area contributed by atoms with Gasteiger partial charge in [-0.2, -0.15) is 5.10 Å². The summed E-state index contributed by atoms with van der Waals surface area (Å²) in [6.45, 7) is 3.06. The molecular weight excluding hydrogens is 306 g/mol. The maximum absolute atomic E-state index is 4.62. The van der Waals surface area contributed by atoms with E-state index in [1.807, 2.05) is 12.3 Å². The molecule has 1 N–H and O–H groups in total. The molecule has 2 aromatic rings. The zero-order valence-electron chi connectivity index (χ0n) is 10.8. The lowest BCUT2D eigenvalue weighted by molar-refractivity contribution is 0.808. The molecule has 0 spiro atoms. The Kier molecular flexibility index (Phi) is 3.50. The molecule has 19 heavy (non-hydrogen) atoms. The zero-order chi connectivity index (χ0) is 13.2. The molecule has 0 amide bonds. The van der Waals surface area contributed by atoms with Gasteiger partial charge in [-0.1, -0.05) is 6.92 Å². The number of nitrogens with zero attached hydrogens (tertiary/aromatic N) is 4. The molecule has 0 radical (unpaired) electrons. The normalized spacial score (nSPS) is 14.6. The third-order valence-electron chi connectivity index (χ3n) is 3.01. The Bertz CT molecular complexity index is 576. The molecule has 2 heterocycles. The number of nitrogens with one attached hydrogen (secondary N) is 1. The Morgan fingerprint density at radius 1 is 1.42 bits per heavy atom. The fraction of sp³-hybridized carbons (Fsp3) is 0.462. The first-order valence-electron chi connectivity index (χ1n) is 6.59. The van der Waals surface area contributed by atoms with Gasteiger partial charge in [0.2, 0.25) is 0 Å². The van der Waals surface area contributed by atoms with E-state index in [9.17, 15) is 0 Å². The molecule has 3 rings (SSSR count). The average Bonchev–Trinajstić information content (AvgIpc) is 3.18. The van der Waals surface area contributed by atoms with Gasteiger partial charge in [0.15, 0.2) is 5.82 Å². The first-order valence-corrected chi connectivity index (χ1v) is 7.39. The van der Waals surface area contributed by atoms with Crippen molar-refractivity contribution in [2.24, 2.45) is 0 Å². The molecule has 0 aliphatic heterocycles. The van der Waals surface area contributed by atoms with Crippen molar-refractivity contribution < 1.29 is 0 Å². The van der Waals surface area contributed by atoms with Crippen molar-refractivity contribution in [1.82, 2.24) is 19.7 Å². The summed E-state index contributed by atoms with van der Waals surface area (Å²) in [6, 6.07) is 1.95. The van der Waals surface area contributed by atoms with Crippen LogP contribution in [0.2, 0.25) is 0 Å². The van der Waals surface area contributed by atoms with E-state index in [0.717, 1.165) is 34.9 Å². The van der Waals surface area contributed by atoms with Crippen LogP contribution in [0.25, 0.3) is 5.82 Å². The minimum Gasteiger partial charge on any atom is -0.370 e. The van der Waals surface area contributed by atoms with Gasteiger partial charge in [-0.3, -0.25) is 0 Å². The molecule has 2 aromatic heterocycles. The number of hydrogen-bond acceptors (Lipinski definition) is 4. The minimum absolute atomic E-state index is 0.529. The second-order valence-corrected chi connectivity index (χ2v) is 5.69. The van der Waals surface area contributed by atoms with Crippen LogP contribution in [0.15, 0.2) is 22.9 Å². The molecule has 5 nitrogen and oxygen atoms in total. The van der Waals surface area contributed by atoms with Crippen molar-refractivity contribution in [2.45, 2.75) is 32.1 Å². The molecule has 1 saturated carbocycles. The van der Waals surface area contributed by atoms with Gasteiger partial charge in [0.1, 0.15) is 11.6 Å². The Balaban J connectivity index is 1.95. The maximum Gasteiger partial charge on any atom is 0.159 e. The van der Waals surface area contributed by atoms with E-state index < -0.39 is 0 Å². The quantitative estimate of drug-likeness (QED) is 0.919. The predicted molar refractivity (Wildman–Crippen MR) is 77.6 cm³/mol. The van der Waals surface area contributed by atoms with E-state index in [-0.39, 0.29) is 0 Å². The molecule has 0 unspecified atom stereocenters. The topological polar surface area (TPSA) is 55.6 Å². The van der Waals surface area contributed by atoms with Gasteiger partial charge in [0.05, 0.1) is 10.7 Å². The number of hydrogen-bond donors (Lipinski definition) is 1. The van der Waals surface area contributed by atoms with E-state index in [2.05, 4.69) is 43.2 Å². The van der Waals surface area contributed by atoms with E-state index in [1.54, 1.807) is 10.9 Å². The van der Waals surface area contributed by atoms with Crippen LogP contribution in [0, 0.1) is 0 Å². The van der Waals surface area contributed by atoms with Gasteiger partial charge in [-0.25, -0.2) is 14.6 Å². The predicted octanol–water partition coefficient (Wildman–Crippen LogP) is 3.12. The van der Waals surface area contributed by atoms with Crippen molar-refractivity contribution >= 4 is 21.7 Å². The summed E-state index contributed by atoms with van der Waals surface area (Å²) in [7, 11) is 0. The first kappa shape index (κ1) is 12.6. The van der Waals surface area contributed by atoms with E-state index in [0.29, 0.717) is 5.92 Å². The van der Waals surface area contributed by atoms with Crippen LogP contribution < -0.4 is 5.32 Å². The molecule has 1 aliphatic carbocycles. The molecule has 1 fully saturated rings. The van der Waals surface area contributed by atoms with Crippen LogP contribution in [0.4, 0.5) is 5.82 Å². The highest BCUT2D eigenvalue weighted by Crippen LogP contribution is 2.38. The van der Waals surface area contributed by atoms with Gasteiger partial charge in [0, 0.05) is 24.7 Å². The third-order valence-corrected chi connectivity index (χ3v) is 3.42. The van der Waals surface area contributed by atoms with Gasteiger partial charge < -0.3 is 5.32 Å². The summed E-state index contributed by atoms with van der Waals surface area (Å²) in [6.07, 6.45) is 7.13. The summed E-state index contributed by atoms with van der Waals surface area (Å²) in [5.74, 6) is 3.17. The SMILES string of the molecule is CCCNc1cc(-n2cc(Br)cn2)nc(C2CC2)n1. The Morgan fingerprint density at radius 3 is 2.89 bits per heavy atom. The highest BCUT2D eigenvalue weighted by atomic mass is 79.9. The van der Waals surface area contributed by atoms with Crippen LogP contribution in [0.1, 0.15) is 37.9 Å². The third kappa shape index (κ3) is 2.94. The molecular formula is C13H16BrN5. The lowest BCUT2D eigenvalue weighted by atomic mass is 10.3. The summed E-state index contributed by atoms with van der Waals surface area (Å²) in [4.78, 5) is 9.21. The number of anilines is 1. The molecule has 1 aliphatic rings. The van der Waals surface area contributed by atoms with E-state index in [4.69, 9.17) is 0 Å². The van der Waals surface area contributed by atoms with Crippen LogP contribution >= 0.6 is 15.9 Å². The van der Waals surface area contributed by atoms with Crippen molar-refractivity contribution in [3.63, 3.8) is 0 Å². The number of aromatic nitrogens is 4. The Labute approximate surface area is 120 Å². The average molecular weight is 322 g/mol. The Morgan fingerprint density at radius 2 is 2.26 bits per heavy atom. The molecule has 0 atom stereocenters. The lowest BCUT2D eigenvalue weighted by Gasteiger charge is -2.09. The monoisotopic (exact) mass is 321 g/mol.